The normalized spacial score (nSPS) is 13.0. The number of likely N-dealkylation sites (N-methyl/N-ethyl adjacent to an activating group) is 1. The summed E-state index contributed by atoms with van der Waals surface area (Å²) in [5.74, 6) is 0.386. The van der Waals surface area contributed by atoms with Gasteiger partial charge in [0.1, 0.15) is 0 Å². The molecule has 3 nitrogen and oxygen atoms in total. The molecule has 0 heterocycles. The molecule has 0 bridgehead atoms. The Morgan fingerprint density at radius 2 is 2.40 bits per heavy atom. The third-order valence-corrected chi connectivity index (χ3v) is 1.47. The number of carbonyl (C=O) groups is 1. The molecule has 0 aromatic carbocycles. The first-order valence-corrected chi connectivity index (χ1v) is 3.99. The molecule has 0 aliphatic rings. The van der Waals surface area contributed by atoms with Gasteiger partial charge in [0, 0.05) is 0 Å². The Labute approximate surface area is 66.8 Å². The van der Waals surface area contributed by atoms with Crippen LogP contribution in [0.1, 0.15) is 13.3 Å². The van der Waals surface area contributed by atoms with Gasteiger partial charge in [0.05, 0.1) is 6.04 Å². The number of nitrogens with two attached hydrogens (primary N) is 1. The molecule has 0 fully saturated rings. The van der Waals surface area contributed by atoms with Gasteiger partial charge in [0.25, 0.3) is 0 Å². The summed E-state index contributed by atoms with van der Waals surface area (Å²) >= 11 is 4.00. The highest BCUT2D eigenvalue weighted by Gasteiger charge is 2.10. The zero-order valence-corrected chi connectivity index (χ0v) is 7.03. The van der Waals surface area contributed by atoms with E-state index in [1.807, 2.05) is 6.92 Å². The summed E-state index contributed by atoms with van der Waals surface area (Å²) in [6, 6.07) is -0.206. The van der Waals surface area contributed by atoms with Crippen LogP contribution in [0.5, 0.6) is 0 Å². The van der Waals surface area contributed by atoms with Gasteiger partial charge in [-0.05, 0) is 18.7 Å². The van der Waals surface area contributed by atoms with Crippen LogP contribution < -0.4 is 11.1 Å². The summed E-state index contributed by atoms with van der Waals surface area (Å²) in [5, 5.41) is 2.96. The highest BCUT2D eigenvalue weighted by molar-refractivity contribution is 7.80. The number of carbonyl (C=O) groups excluding carboxylic acids is 1. The molecule has 0 radical (unpaired) electrons. The molecule has 0 saturated heterocycles. The molecule has 0 aromatic heterocycles. The first kappa shape index (κ1) is 9.78. The summed E-state index contributed by atoms with van der Waals surface area (Å²) in [5.41, 5.74) is 5.07. The van der Waals surface area contributed by atoms with Crippen molar-refractivity contribution in [2.24, 2.45) is 5.73 Å². The second-order valence-electron chi connectivity index (χ2n) is 2.02. The summed E-state index contributed by atoms with van der Waals surface area (Å²) in [6.07, 6.45) is 0.701. The van der Waals surface area contributed by atoms with Crippen LogP contribution in [0.2, 0.25) is 0 Å². The molecular formula is C6H14N2OS. The molecular weight excluding hydrogens is 148 g/mol. The van der Waals surface area contributed by atoms with Gasteiger partial charge in [-0.3, -0.25) is 4.79 Å². The maximum atomic E-state index is 10.6. The average Bonchev–Trinajstić information content (AvgIpc) is 1.87. The Hall–Kier alpha value is -0.220. The van der Waals surface area contributed by atoms with Gasteiger partial charge in [-0.15, -0.1) is 0 Å². The zero-order chi connectivity index (χ0) is 7.98. The lowest BCUT2D eigenvalue weighted by Gasteiger charge is -2.11. The zero-order valence-electron chi connectivity index (χ0n) is 6.13. The molecule has 10 heavy (non-hydrogen) atoms. The van der Waals surface area contributed by atoms with E-state index in [-0.39, 0.29) is 11.9 Å². The van der Waals surface area contributed by atoms with Crippen molar-refractivity contribution in [3.63, 3.8) is 0 Å². The van der Waals surface area contributed by atoms with Gasteiger partial charge in [0.2, 0.25) is 5.91 Å². The Morgan fingerprint density at radius 3 is 2.70 bits per heavy atom. The third-order valence-electron chi connectivity index (χ3n) is 1.21. The van der Waals surface area contributed by atoms with Gasteiger partial charge in [-0.2, -0.15) is 12.6 Å². The van der Waals surface area contributed by atoms with E-state index < -0.39 is 0 Å². The van der Waals surface area contributed by atoms with Crippen molar-refractivity contribution >= 4 is 18.5 Å². The van der Waals surface area contributed by atoms with Crippen molar-refractivity contribution in [2.75, 3.05) is 12.3 Å². The molecule has 0 spiro atoms. The minimum absolute atomic E-state index is 0.206. The quantitative estimate of drug-likeness (QED) is 0.489. The minimum Gasteiger partial charge on any atom is -0.368 e. The van der Waals surface area contributed by atoms with Crippen LogP contribution in [0, 0.1) is 0 Å². The molecule has 1 unspecified atom stereocenters. The summed E-state index contributed by atoms with van der Waals surface area (Å²) in [7, 11) is 0. The Kier molecular flexibility index (Phi) is 5.43. The smallest absolute Gasteiger partial charge is 0.234 e. The maximum absolute atomic E-state index is 10.6. The Balaban J connectivity index is 3.61. The lowest BCUT2D eigenvalue weighted by atomic mass is 10.2. The third kappa shape index (κ3) is 3.74. The van der Waals surface area contributed by atoms with Crippen molar-refractivity contribution in [2.45, 2.75) is 19.4 Å². The van der Waals surface area contributed by atoms with Crippen LogP contribution in [-0.2, 0) is 4.79 Å². The topological polar surface area (TPSA) is 55.1 Å². The SMILES string of the molecule is CCNC(CCS)C(N)=O. The molecule has 60 valence electrons. The number of nitrogens with one attached hydrogen (secondary N) is 1. The fourth-order valence-corrected chi connectivity index (χ4v) is 0.979. The molecule has 0 saturated carbocycles. The van der Waals surface area contributed by atoms with Crippen LogP contribution in [-0.4, -0.2) is 24.2 Å². The largest absolute Gasteiger partial charge is 0.368 e. The standard InChI is InChI=1S/C6H14N2OS/c1-2-8-5(3-4-10)6(7)9/h5,8,10H,2-4H2,1H3,(H2,7,9). The molecule has 0 aromatic rings. The van der Waals surface area contributed by atoms with Crippen LogP contribution >= 0.6 is 12.6 Å². The molecule has 0 aliphatic heterocycles. The lowest BCUT2D eigenvalue weighted by molar-refractivity contribution is -0.120. The van der Waals surface area contributed by atoms with Crippen molar-refractivity contribution in [3.8, 4) is 0 Å². The second kappa shape index (κ2) is 5.56. The number of hydrogen-bond acceptors (Lipinski definition) is 3. The van der Waals surface area contributed by atoms with Gasteiger partial charge in [-0.25, -0.2) is 0 Å². The molecule has 0 rings (SSSR count). The highest BCUT2D eigenvalue weighted by atomic mass is 32.1. The molecule has 0 aliphatic carbocycles. The number of primary amides is 1. The van der Waals surface area contributed by atoms with Gasteiger partial charge in [-0.1, -0.05) is 6.92 Å². The fraction of sp³-hybridized carbons (Fsp3) is 0.833. The van der Waals surface area contributed by atoms with Gasteiger partial charge < -0.3 is 11.1 Å². The maximum Gasteiger partial charge on any atom is 0.234 e. The van der Waals surface area contributed by atoms with Crippen LogP contribution in [0.3, 0.4) is 0 Å². The first-order chi connectivity index (χ1) is 4.72. The first-order valence-electron chi connectivity index (χ1n) is 3.36. The van der Waals surface area contributed by atoms with E-state index in [4.69, 9.17) is 5.73 Å². The summed E-state index contributed by atoms with van der Waals surface area (Å²) < 4.78 is 0. The van der Waals surface area contributed by atoms with Crippen molar-refractivity contribution < 1.29 is 4.79 Å². The van der Waals surface area contributed by atoms with E-state index in [0.717, 1.165) is 6.54 Å². The van der Waals surface area contributed by atoms with E-state index in [0.29, 0.717) is 12.2 Å². The highest BCUT2D eigenvalue weighted by Crippen LogP contribution is 1.92. The molecule has 3 N–H and O–H groups in total. The van der Waals surface area contributed by atoms with Gasteiger partial charge >= 0.3 is 0 Å². The summed E-state index contributed by atoms with van der Waals surface area (Å²) in [4.78, 5) is 10.6. The van der Waals surface area contributed by atoms with Crippen molar-refractivity contribution in [1.29, 1.82) is 0 Å². The van der Waals surface area contributed by atoms with Crippen LogP contribution in [0.4, 0.5) is 0 Å². The van der Waals surface area contributed by atoms with E-state index >= 15 is 0 Å². The second-order valence-corrected chi connectivity index (χ2v) is 2.47. The molecule has 4 heteroatoms. The van der Waals surface area contributed by atoms with Crippen LogP contribution in [0.25, 0.3) is 0 Å². The number of rotatable bonds is 5. The molecule has 1 amide bonds. The van der Waals surface area contributed by atoms with Crippen molar-refractivity contribution in [3.05, 3.63) is 0 Å². The van der Waals surface area contributed by atoms with Crippen molar-refractivity contribution in [1.82, 2.24) is 5.32 Å². The van der Waals surface area contributed by atoms with E-state index in [9.17, 15) is 4.79 Å². The van der Waals surface area contributed by atoms with Crippen LogP contribution in [0.15, 0.2) is 0 Å². The number of thiol groups is 1. The average molecular weight is 162 g/mol. The lowest BCUT2D eigenvalue weighted by Crippen LogP contribution is -2.41. The fourth-order valence-electron chi connectivity index (χ4n) is 0.720. The predicted molar refractivity (Wildman–Crippen MR) is 45.1 cm³/mol. The van der Waals surface area contributed by atoms with E-state index in [1.54, 1.807) is 0 Å². The minimum atomic E-state index is -0.295. The predicted octanol–water partition coefficient (Wildman–Crippen LogP) is -0.230. The monoisotopic (exact) mass is 162 g/mol. The summed E-state index contributed by atoms with van der Waals surface area (Å²) in [6.45, 7) is 2.70. The Morgan fingerprint density at radius 1 is 1.80 bits per heavy atom. The van der Waals surface area contributed by atoms with E-state index in [1.165, 1.54) is 0 Å². The number of amides is 1. The number of hydrogen-bond donors (Lipinski definition) is 3. The van der Waals surface area contributed by atoms with Gasteiger partial charge in [0.15, 0.2) is 0 Å². The van der Waals surface area contributed by atoms with E-state index in [2.05, 4.69) is 17.9 Å². The Bertz CT molecular complexity index is 102. The molecule has 1 atom stereocenters.